The van der Waals surface area contributed by atoms with E-state index in [0.717, 1.165) is 6.07 Å². The van der Waals surface area contributed by atoms with Crippen LogP contribution in [0.1, 0.15) is 30.4 Å². The highest BCUT2D eigenvalue weighted by Gasteiger charge is 2.33. The molecule has 1 aliphatic carbocycles. The van der Waals surface area contributed by atoms with E-state index in [1.54, 1.807) is 12.1 Å². The van der Waals surface area contributed by atoms with E-state index in [1.807, 2.05) is 0 Å². The Bertz CT molecular complexity index is 435. The molecule has 0 radical (unpaired) electrons. The number of alkyl halides is 3. The van der Waals surface area contributed by atoms with Crippen LogP contribution in [0.3, 0.4) is 0 Å². The van der Waals surface area contributed by atoms with E-state index >= 15 is 0 Å². The Hall–Kier alpha value is -1.29. The van der Waals surface area contributed by atoms with Crippen LogP contribution >= 0.6 is 0 Å². The summed E-state index contributed by atoms with van der Waals surface area (Å²) in [4.78, 5) is 0. The molecule has 0 aromatic heterocycles. The summed E-state index contributed by atoms with van der Waals surface area (Å²) < 4.78 is 38.4. The molecule has 1 atom stereocenters. The fourth-order valence-corrected chi connectivity index (χ4v) is 2.08. The van der Waals surface area contributed by atoms with E-state index in [4.69, 9.17) is 0 Å². The van der Waals surface area contributed by atoms with Gasteiger partial charge in [-0.15, -0.1) is 0 Å². The van der Waals surface area contributed by atoms with Gasteiger partial charge < -0.3 is 5.11 Å². The first-order valence-corrected chi connectivity index (χ1v) is 5.52. The highest BCUT2D eigenvalue weighted by atomic mass is 19.4. The SMILES string of the molecule is O[C@H]1CC=C(c2ccccc2C(F)(F)F)CC1. The van der Waals surface area contributed by atoms with E-state index in [1.165, 1.54) is 12.1 Å². The molecular formula is C13H13F3O. The molecule has 1 aromatic carbocycles. The summed E-state index contributed by atoms with van der Waals surface area (Å²) in [7, 11) is 0. The third-order valence-corrected chi connectivity index (χ3v) is 2.96. The molecule has 0 saturated heterocycles. The van der Waals surface area contributed by atoms with Crippen LogP contribution in [0.4, 0.5) is 13.2 Å². The van der Waals surface area contributed by atoms with E-state index in [-0.39, 0.29) is 5.56 Å². The molecule has 1 nitrogen and oxygen atoms in total. The second-order valence-electron chi connectivity index (χ2n) is 4.20. The fourth-order valence-electron chi connectivity index (χ4n) is 2.08. The first-order chi connectivity index (χ1) is 7.98. The third kappa shape index (κ3) is 2.69. The van der Waals surface area contributed by atoms with Gasteiger partial charge in [0, 0.05) is 0 Å². The zero-order valence-electron chi connectivity index (χ0n) is 9.17. The van der Waals surface area contributed by atoms with Crippen molar-refractivity contribution in [3.05, 3.63) is 41.5 Å². The summed E-state index contributed by atoms with van der Waals surface area (Å²) in [6, 6.07) is 5.59. The highest BCUT2D eigenvalue weighted by molar-refractivity contribution is 5.69. The van der Waals surface area contributed by atoms with Crippen LogP contribution in [0, 0.1) is 0 Å². The summed E-state index contributed by atoms with van der Waals surface area (Å²) in [6.07, 6.45) is -1.59. The number of rotatable bonds is 1. The van der Waals surface area contributed by atoms with Gasteiger partial charge in [-0.05, 0) is 36.5 Å². The lowest BCUT2D eigenvalue weighted by Crippen LogP contribution is -2.13. The second-order valence-corrected chi connectivity index (χ2v) is 4.20. The van der Waals surface area contributed by atoms with Gasteiger partial charge in [0.2, 0.25) is 0 Å². The van der Waals surface area contributed by atoms with E-state index in [0.29, 0.717) is 24.8 Å². The van der Waals surface area contributed by atoms with Gasteiger partial charge in [0.15, 0.2) is 0 Å². The van der Waals surface area contributed by atoms with Gasteiger partial charge in [0.1, 0.15) is 0 Å². The Morgan fingerprint density at radius 2 is 1.88 bits per heavy atom. The van der Waals surface area contributed by atoms with Gasteiger partial charge in [0.05, 0.1) is 11.7 Å². The molecule has 2 rings (SSSR count). The number of halogens is 3. The third-order valence-electron chi connectivity index (χ3n) is 2.96. The molecule has 1 N–H and O–H groups in total. The van der Waals surface area contributed by atoms with Crippen molar-refractivity contribution in [3.8, 4) is 0 Å². The second kappa shape index (κ2) is 4.53. The first-order valence-electron chi connectivity index (χ1n) is 5.52. The first kappa shape index (κ1) is 12.2. The maximum atomic E-state index is 12.8. The molecule has 0 unspecified atom stereocenters. The molecule has 4 heteroatoms. The van der Waals surface area contributed by atoms with Crippen LogP contribution in [0.5, 0.6) is 0 Å². The molecule has 0 fully saturated rings. The Morgan fingerprint density at radius 1 is 1.18 bits per heavy atom. The Morgan fingerprint density at radius 3 is 2.47 bits per heavy atom. The van der Waals surface area contributed by atoms with Crippen molar-refractivity contribution in [1.29, 1.82) is 0 Å². The standard InChI is InChI=1S/C13H13F3O/c14-13(15,16)12-4-2-1-3-11(12)9-5-7-10(17)8-6-9/h1-5,10,17H,6-8H2/t10-/m0/s1. The van der Waals surface area contributed by atoms with Crippen molar-refractivity contribution in [2.45, 2.75) is 31.5 Å². The van der Waals surface area contributed by atoms with Crippen LogP contribution in [0.2, 0.25) is 0 Å². The predicted molar refractivity (Wildman–Crippen MR) is 59.3 cm³/mol. The molecule has 0 heterocycles. The summed E-state index contributed by atoms with van der Waals surface area (Å²) in [5.41, 5.74) is 0.331. The Kier molecular flexibility index (Phi) is 3.24. The van der Waals surface area contributed by atoms with Crippen molar-refractivity contribution >= 4 is 5.57 Å². The predicted octanol–water partition coefficient (Wildman–Crippen LogP) is 3.63. The largest absolute Gasteiger partial charge is 0.416 e. The minimum atomic E-state index is -4.33. The molecule has 0 bridgehead atoms. The quantitative estimate of drug-likeness (QED) is 0.797. The lowest BCUT2D eigenvalue weighted by atomic mass is 9.89. The van der Waals surface area contributed by atoms with E-state index in [2.05, 4.69) is 0 Å². The van der Waals surface area contributed by atoms with E-state index < -0.39 is 17.8 Å². The topological polar surface area (TPSA) is 20.2 Å². The normalized spacial score (nSPS) is 21.2. The smallest absolute Gasteiger partial charge is 0.393 e. The highest BCUT2D eigenvalue weighted by Crippen LogP contribution is 2.37. The van der Waals surface area contributed by atoms with Crippen molar-refractivity contribution in [2.24, 2.45) is 0 Å². The van der Waals surface area contributed by atoms with Crippen LogP contribution in [-0.4, -0.2) is 11.2 Å². The van der Waals surface area contributed by atoms with Crippen LogP contribution in [-0.2, 0) is 6.18 Å². The summed E-state index contributed by atoms with van der Waals surface area (Å²) >= 11 is 0. The maximum absolute atomic E-state index is 12.8. The van der Waals surface area contributed by atoms with Gasteiger partial charge >= 0.3 is 6.18 Å². The van der Waals surface area contributed by atoms with E-state index in [9.17, 15) is 18.3 Å². The number of aliphatic hydroxyl groups is 1. The summed E-state index contributed by atoms with van der Waals surface area (Å²) in [5, 5.41) is 9.34. The Labute approximate surface area is 97.6 Å². The lowest BCUT2D eigenvalue weighted by molar-refractivity contribution is -0.137. The average Bonchev–Trinajstić information content (AvgIpc) is 2.29. The van der Waals surface area contributed by atoms with Crippen molar-refractivity contribution < 1.29 is 18.3 Å². The van der Waals surface area contributed by atoms with Crippen molar-refractivity contribution in [1.82, 2.24) is 0 Å². The minimum Gasteiger partial charge on any atom is -0.393 e. The molecule has 0 amide bonds. The summed E-state index contributed by atoms with van der Waals surface area (Å²) in [5.74, 6) is 0. The maximum Gasteiger partial charge on any atom is 0.416 e. The zero-order valence-corrected chi connectivity index (χ0v) is 9.17. The number of aliphatic hydroxyl groups excluding tert-OH is 1. The average molecular weight is 242 g/mol. The zero-order chi connectivity index (χ0) is 12.5. The molecule has 1 aromatic rings. The van der Waals surface area contributed by atoms with Gasteiger partial charge in [-0.25, -0.2) is 0 Å². The number of hydrogen-bond acceptors (Lipinski definition) is 1. The van der Waals surface area contributed by atoms with Crippen LogP contribution in [0.25, 0.3) is 5.57 Å². The van der Waals surface area contributed by atoms with Crippen molar-refractivity contribution in [2.75, 3.05) is 0 Å². The van der Waals surface area contributed by atoms with Crippen LogP contribution in [0.15, 0.2) is 30.3 Å². The minimum absolute atomic E-state index is 0.243. The number of benzene rings is 1. The molecule has 92 valence electrons. The number of hydrogen-bond donors (Lipinski definition) is 1. The molecule has 0 aliphatic heterocycles. The molecule has 1 aliphatic rings. The van der Waals surface area contributed by atoms with Gasteiger partial charge in [0.25, 0.3) is 0 Å². The van der Waals surface area contributed by atoms with Gasteiger partial charge in [-0.3, -0.25) is 0 Å². The summed E-state index contributed by atoms with van der Waals surface area (Å²) in [6.45, 7) is 0. The van der Waals surface area contributed by atoms with Gasteiger partial charge in [-0.1, -0.05) is 24.3 Å². The molecular weight excluding hydrogens is 229 g/mol. The monoisotopic (exact) mass is 242 g/mol. The molecule has 0 spiro atoms. The van der Waals surface area contributed by atoms with Crippen molar-refractivity contribution in [3.63, 3.8) is 0 Å². The van der Waals surface area contributed by atoms with Gasteiger partial charge in [-0.2, -0.15) is 13.2 Å². The lowest BCUT2D eigenvalue weighted by Gasteiger charge is -2.20. The fraction of sp³-hybridized carbons (Fsp3) is 0.385. The Balaban J connectivity index is 2.39. The number of allylic oxidation sites excluding steroid dienone is 1. The van der Waals surface area contributed by atoms with Crippen LogP contribution < -0.4 is 0 Å². The molecule has 0 saturated carbocycles. The molecule has 17 heavy (non-hydrogen) atoms.